The van der Waals surface area contributed by atoms with Gasteiger partial charge in [-0.3, -0.25) is 4.79 Å². The summed E-state index contributed by atoms with van der Waals surface area (Å²) >= 11 is 0. The maximum Gasteiger partial charge on any atom is 0.153 e. The number of aldehydes is 1. The number of carbonyl (C=O) groups excluding carboxylic acids is 1. The molecular formula is C16H11N5O. The molecule has 0 aliphatic heterocycles. The lowest BCUT2D eigenvalue weighted by atomic mass is 10.0. The number of aromatic nitrogens is 5. The Morgan fingerprint density at radius 2 is 2.05 bits per heavy atom. The molecule has 4 aromatic rings. The normalized spacial score (nSPS) is 11.1. The van der Waals surface area contributed by atoms with Crippen LogP contribution in [0.5, 0.6) is 0 Å². The molecule has 0 aliphatic carbocycles. The van der Waals surface area contributed by atoms with Crippen LogP contribution < -0.4 is 0 Å². The van der Waals surface area contributed by atoms with E-state index in [9.17, 15) is 4.79 Å². The van der Waals surface area contributed by atoms with Crippen molar-refractivity contribution in [3.8, 4) is 11.3 Å². The first kappa shape index (κ1) is 12.6. The smallest absolute Gasteiger partial charge is 0.153 e. The number of carbonyl (C=O) groups is 1. The van der Waals surface area contributed by atoms with Crippen molar-refractivity contribution in [2.24, 2.45) is 0 Å². The van der Waals surface area contributed by atoms with Crippen LogP contribution in [0.3, 0.4) is 0 Å². The predicted octanol–water partition coefficient (Wildman–Crippen LogP) is 2.46. The third kappa shape index (κ3) is 1.85. The topological polar surface area (TPSA) is 73.0 Å². The zero-order valence-corrected chi connectivity index (χ0v) is 11.8. The minimum atomic E-state index is 0.520. The molecule has 0 amide bonds. The standard InChI is InChI=1S/C16H11N5O/c1-10-8-21-15(18-10)5-4-14(20-21)12-3-2-11(9-22)16-13(12)6-7-17-19-16/h2-9H,1H3. The van der Waals surface area contributed by atoms with E-state index in [4.69, 9.17) is 0 Å². The maximum absolute atomic E-state index is 11.2. The van der Waals surface area contributed by atoms with Crippen LogP contribution in [0.2, 0.25) is 0 Å². The molecule has 6 nitrogen and oxygen atoms in total. The maximum atomic E-state index is 11.2. The van der Waals surface area contributed by atoms with Gasteiger partial charge in [0.05, 0.1) is 23.8 Å². The van der Waals surface area contributed by atoms with Gasteiger partial charge in [-0.15, -0.1) is 5.10 Å². The second-order valence-corrected chi connectivity index (χ2v) is 5.02. The lowest BCUT2D eigenvalue weighted by Gasteiger charge is -2.07. The number of imidazole rings is 1. The number of rotatable bonds is 2. The second-order valence-electron chi connectivity index (χ2n) is 5.02. The van der Waals surface area contributed by atoms with E-state index in [0.29, 0.717) is 11.1 Å². The van der Waals surface area contributed by atoms with Crippen LogP contribution in [0, 0.1) is 6.92 Å². The summed E-state index contributed by atoms with van der Waals surface area (Å²) in [4.78, 5) is 15.5. The minimum Gasteiger partial charge on any atom is -0.298 e. The quantitative estimate of drug-likeness (QED) is 0.530. The molecule has 0 unspecified atom stereocenters. The first-order valence-corrected chi connectivity index (χ1v) is 6.79. The van der Waals surface area contributed by atoms with Crippen molar-refractivity contribution in [3.63, 3.8) is 0 Å². The van der Waals surface area contributed by atoms with Gasteiger partial charge in [0.2, 0.25) is 0 Å². The van der Waals surface area contributed by atoms with Crippen molar-refractivity contribution in [2.45, 2.75) is 6.92 Å². The van der Waals surface area contributed by atoms with E-state index < -0.39 is 0 Å². The van der Waals surface area contributed by atoms with Gasteiger partial charge in [-0.25, -0.2) is 9.50 Å². The molecule has 0 atom stereocenters. The van der Waals surface area contributed by atoms with Gasteiger partial charge in [-0.2, -0.15) is 10.2 Å². The van der Waals surface area contributed by atoms with E-state index >= 15 is 0 Å². The summed E-state index contributed by atoms with van der Waals surface area (Å²) in [5, 5.41) is 13.4. The summed E-state index contributed by atoms with van der Waals surface area (Å²) in [6, 6.07) is 9.30. The van der Waals surface area contributed by atoms with Gasteiger partial charge >= 0.3 is 0 Å². The molecule has 0 saturated heterocycles. The summed E-state index contributed by atoms with van der Waals surface area (Å²) in [6.45, 7) is 1.93. The number of hydrogen-bond donors (Lipinski definition) is 0. The first-order chi connectivity index (χ1) is 10.8. The van der Waals surface area contributed by atoms with Crippen LogP contribution in [0.4, 0.5) is 0 Å². The molecule has 0 bridgehead atoms. The Hall–Kier alpha value is -3.15. The van der Waals surface area contributed by atoms with Gasteiger partial charge in [0.25, 0.3) is 0 Å². The summed E-state index contributed by atoms with van der Waals surface area (Å²) < 4.78 is 1.75. The highest BCUT2D eigenvalue weighted by molar-refractivity contribution is 6.02. The Morgan fingerprint density at radius 3 is 2.91 bits per heavy atom. The van der Waals surface area contributed by atoms with Crippen LogP contribution >= 0.6 is 0 Å². The molecule has 0 fully saturated rings. The molecule has 0 N–H and O–H groups in total. The lowest BCUT2D eigenvalue weighted by Crippen LogP contribution is -1.96. The fourth-order valence-electron chi connectivity index (χ4n) is 2.57. The van der Waals surface area contributed by atoms with Crippen molar-refractivity contribution < 1.29 is 4.79 Å². The van der Waals surface area contributed by atoms with E-state index in [-0.39, 0.29) is 0 Å². The fourth-order valence-corrected chi connectivity index (χ4v) is 2.57. The van der Waals surface area contributed by atoms with Crippen LogP contribution in [0.25, 0.3) is 27.8 Å². The van der Waals surface area contributed by atoms with Crippen LogP contribution in [-0.4, -0.2) is 31.1 Å². The molecule has 3 aromatic heterocycles. The number of fused-ring (bicyclic) bond motifs is 2. The molecule has 0 spiro atoms. The molecule has 0 aliphatic rings. The Morgan fingerprint density at radius 1 is 1.14 bits per heavy atom. The highest BCUT2D eigenvalue weighted by atomic mass is 16.1. The van der Waals surface area contributed by atoms with Gasteiger partial charge in [0.15, 0.2) is 11.9 Å². The SMILES string of the molecule is Cc1cn2nc(-c3ccc(C=O)c4nnccc34)ccc2n1. The first-order valence-electron chi connectivity index (χ1n) is 6.79. The molecule has 3 heterocycles. The van der Waals surface area contributed by atoms with Crippen LogP contribution in [0.1, 0.15) is 16.1 Å². The fraction of sp³-hybridized carbons (Fsp3) is 0.0625. The molecule has 6 heteroatoms. The molecule has 22 heavy (non-hydrogen) atoms. The van der Waals surface area contributed by atoms with E-state index in [1.165, 1.54) is 0 Å². The largest absolute Gasteiger partial charge is 0.298 e. The lowest BCUT2D eigenvalue weighted by molar-refractivity contribution is 0.112. The zero-order valence-electron chi connectivity index (χ0n) is 11.8. The van der Waals surface area contributed by atoms with Crippen molar-refractivity contribution in [3.05, 3.63) is 54.0 Å². The zero-order chi connectivity index (χ0) is 15.1. The Labute approximate surface area is 125 Å². The average molecular weight is 289 g/mol. The number of aryl methyl sites for hydroxylation is 1. The van der Waals surface area contributed by atoms with Gasteiger partial charge in [-0.05, 0) is 31.2 Å². The van der Waals surface area contributed by atoms with Crippen LogP contribution in [-0.2, 0) is 0 Å². The van der Waals surface area contributed by atoms with Gasteiger partial charge < -0.3 is 0 Å². The van der Waals surface area contributed by atoms with E-state index in [0.717, 1.165) is 34.3 Å². The Bertz CT molecular complexity index is 1020. The molecule has 1 aromatic carbocycles. The van der Waals surface area contributed by atoms with E-state index in [1.54, 1.807) is 16.8 Å². The van der Waals surface area contributed by atoms with Crippen molar-refractivity contribution in [1.82, 2.24) is 24.8 Å². The monoisotopic (exact) mass is 289 g/mol. The number of nitrogens with zero attached hydrogens (tertiary/aromatic N) is 5. The third-order valence-electron chi connectivity index (χ3n) is 3.56. The predicted molar refractivity (Wildman–Crippen MR) is 81.6 cm³/mol. The summed E-state index contributed by atoms with van der Waals surface area (Å²) in [5.74, 6) is 0. The summed E-state index contributed by atoms with van der Waals surface area (Å²) in [6.07, 6.45) is 4.28. The molecule has 0 radical (unpaired) electrons. The van der Waals surface area contributed by atoms with Gasteiger partial charge in [-0.1, -0.05) is 6.07 Å². The van der Waals surface area contributed by atoms with Gasteiger partial charge in [0, 0.05) is 16.5 Å². The highest BCUT2D eigenvalue weighted by Gasteiger charge is 2.11. The average Bonchev–Trinajstić information content (AvgIpc) is 2.93. The number of hydrogen-bond acceptors (Lipinski definition) is 5. The van der Waals surface area contributed by atoms with Crippen molar-refractivity contribution in [1.29, 1.82) is 0 Å². The third-order valence-corrected chi connectivity index (χ3v) is 3.56. The molecular weight excluding hydrogens is 278 g/mol. The van der Waals surface area contributed by atoms with Gasteiger partial charge in [0.1, 0.15) is 5.52 Å². The second kappa shape index (κ2) is 4.70. The molecule has 106 valence electrons. The Balaban J connectivity index is 2.01. The Kier molecular flexibility index (Phi) is 2.69. The van der Waals surface area contributed by atoms with E-state index in [2.05, 4.69) is 20.3 Å². The van der Waals surface area contributed by atoms with Crippen molar-refractivity contribution in [2.75, 3.05) is 0 Å². The minimum absolute atomic E-state index is 0.520. The van der Waals surface area contributed by atoms with Crippen LogP contribution in [0.15, 0.2) is 42.7 Å². The summed E-state index contributed by atoms with van der Waals surface area (Å²) in [5.41, 5.74) is 4.51. The summed E-state index contributed by atoms with van der Waals surface area (Å²) in [7, 11) is 0. The van der Waals surface area contributed by atoms with E-state index in [1.807, 2.05) is 37.4 Å². The molecule has 0 saturated carbocycles. The van der Waals surface area contributed by atoms with Crippen molar-refractivity contribution >= 4 is 22.8 Å². The number of benzene rings is 1. The highest BCUT2D eigenvalue weighted by Crippen LogP contribution is 2.27. The molecule has 4 rings (SSSR count).